The minimum atomic E-state index is -0.484. The van der Waals surface area contributed by atoms with E-state index in [2.05, 4.69) is 0 Å². The first-order valence-corrected chi connectivity index (χ1v) is 7.50. The van der Waals surface area contributed by atoms with Crippen molar-refractivity contribution in [3.8, 4) is 0 Å². The number of fused-ring (bicyclic) bond motifs is 1. The Morgan fingerprint density at radius 2 is 1.67 bits per heavy atom. The molecule has 1 unspecified atom stereocenters. The summed E-state index contributed by atoms with van der Waals surface area (Å²) in [5.41, 5.74) is 8.76. The Bertz CT molecular complexity index is 826. The molecule has 0 spiro atoms. The van der Waals surface area contributed by atoms with Gasteiger partial charge in [0.25, 0.3) is 0 Å². The lowest BCUT2D eigenvalue weighted by atomic mass is 10.0. The van der Waals surface area contributed by atoms with Gasteiger partial charge < -0.3 is 10.2 Å². The standard InChI is InChI=1S/C16H12Cl3NO/c1-8-11-6-10(18)3-5-14(11)21-16(8)15(20)12-7-9(17)2-4-13(12)19/h2-7,15H,20H2,1H3. The normalized spacial score (nSPS) is 12.8. The lowest BCUT2D eigenvalue weighted by molar-refractivity contribution is 0.521. The molecule has 21 heavy (non-hydrogen) atoms. The zero-order valence-corrected chi connectivity index (χ0v) is 13.4. The second-order valence-electron chi connectivity index (χ2n) is 4.88. The van der Waals surface area contributed by atoms with Crippen LogP contribution >= 0.6 is 34.8 Å². The summed E-state index contributed by atoms with van der Waals surface area (Å²) in [5, 5.41) is 2.75. The minimum Gasteiger partial charge on any atom is -0.459 e. The molecule has 0 aliphatic heterocycles. The van der Waals surface area contributed by atoms with E-state index in [1.807, 2.05) is 19.1 Å². The molecule has 2 nitrogen and oxygen atoms in total. The van der Waals surface area contributed by atoms with Gasteiger partial charge in [-0.25, -0.2) is 0 Å². The number of rotatable bonds is 2. The molecule has 3 rings (SSSR count). The molecule has 0 aliphatic carbocycles. The Morgan fingerprint density at radius 1 is 1.00 bits per heavy atom. The Hall–Kier alpha value is -1.19. The van der Waals surface area contributed by atoms with Gasteiger partial charge in [-0.1, -0.05) is 34.8 Å². The molecule has 1 aromatic heterocycles. The third-order valence-corrected chi connectivity index (χ3v) is 4.33. The van der Waals surface area contributed by atoms with Gasteiger partial charge in [0.15, 0.2) is 0 Å². The van der Waals surface area contributed by atoms with Crippen molar-refractivity contribution in [3.63, 3.8) is 0 Å². The highest BCUT2D eigenvalue weighted by Gasteiger charge is 2.21. The van der Waals surface area contributed by atoms with Crippen molar-refractivity contribution < 1.29 is 4.42 Å². The third kappa shape index (κ3) is 2.65. The maximum Gasteiger partial charge on any atom is 0.134 e. The predicted molar refractivity (Wildman–Crippen MR) is 88.5 cm³/mol. The van der Waals surface area contributed by atoms with Crippen LogP contribution in [0.5, 0.6) is 0 Å². The molecule has 0 amide bonds. The molecule has 0 radical (unpaired) electrons. The van der Waals surface area contributed by atoms with Crippen molar-refractivity contribution in [2.24, 2.45) is 5.73 Å². The average Bonchev–Trinajstić information content (AvgIpc) is 2.78. The summed E-state index contributed by atoms with van der Waals surface area (Å²) in [4.78, 5) is 0. The van der Waals surface area contributed by atoms with Gasteiger partial charge in [0, 0.05) is 26.0 Å². The van der Waals surface area contributed by atoms with Crippen LogP contribution in [0.15, 0.2) is 40.8 Å². The lowest BCUT2D eigenvalue weighted by Gasteiger charge is -2.12. The van der Waals surface area contributed by atoms with Crippen LogP contribution < -0.4 is 5.73 Å². The van der Waals surface area contributed by atoms with Crippen LogP contribution in [0.3, 0.4) is 0 Å². The zero-order chi connectivity index (χ0) is 15.1. The highest BCUT2D eigenvalue weighted by atomic mass is 35.5. The number of benzene rings is 2. The van der Waals surface area contributed by atoms with Crippen molar-refractivity contribution in [2.75, 3.05) is 0 Å². The highest BCUT2D eigenvalue weighted by Crippen LogP contribution is 2.35. The molecule has 0 saturated heterocycles. The molecule has 3 aromatic rings. The molecule has 0 fully saturated rings. The van der Waals surface area contributed by atoms with Crippen molar-refractivity contribution in [1.29, 1.82) is 0 Å². The summed E-state index contributed by atoms with van der Waals surface area (Å²) in [6, 6.07) is 10.2. The molecular weight excluding hydrogens is 329 g/mol. The van der Waals surface area contributed by atoms with Crippen LogP contribution in [0.2, 0.25) is 15.1 Å². The van der Waals surface area contributed by atoms with Crippen molar-refractivity contribution in [3.05, 3.63) is 68.4 Å². The third-order valence-electron chi connectivity index (χ3n) is 3.51. The zero-order valence-electron chi connectivity index (χ0n) is 11.2. The van der Waals surface area contributed by atoms with E-state index in [1.54, 1.807) is 24.3 Å². The van der Waals surface area contributed by atoms with Crippen LogP contribution in [-0.2, 0) is 0 Å². The summed E-state index contributed by atoms with van der Waals surface area (Å²) < 4.78 is 5.88. The van der Waals surface area contributed by atoms with Crippen LogP contribution in [0, 0.1) is 6.92 Å². The Kier molecular flexibility index (Phi) is 3.89. The van der Waals surface area contributed by atoms with E-state index in [0.717, 1.165) is 22.1 Å². The van der Waals surface area contributed by atoms with Crippen LogP contribution in [-0.4, -0.2) is 0 Å². The van der Waals surface area contributed by atoms with Gasteiger partial charge in [-0.2, -0.15) is 0 Å². The first-order chi connectivity index (χ1) is 9.97. The molecule has 1 heterocycles. The Balaban J connectivity index is 2.15. The second kappa shape index (κ2) is 5.54. The van der Waals surface area contributed by atoms with E-state index in [-0.39, 0.29) is 0 Å². The largest absolute Gasteiger partial charge is 0.459 e. The van der Waals surface area contributed by atoms with Crippen molar-refractivity contribution in [1.82, 2.24) is 0 Å². The fraction of sp³-hybridized carbons (Fsp3) is 0.125. The van der Waals surface area contributed by atoms with Crippen LogP contribution in [0.25, 0.3) is 11.0 Å². The highest BCUT2D eigenvalue weighted by molar-refractivity contribution is 6.33. The van der Waals surface area contributed by atoms with Gasteiger partial charge in [-0.05, 0) is 48.9 Å². The molecule has 5 heteroatoms. The van der Waals surface area contributed by atoms with E-state index in [0.29, 0.717) is 20.8 Å². The van der Waals surface area contributed by atoms with Crippen LogP contribution in [0.4, 0.5) is 0 Å². The van der Waals surface area contributed by atoms with E-state index in [9.17, 15) is 0 Å². The second-order valence-corrected chi connectivity index (χ2v) is 6.16. The molecule has 1 atom stereocenters. The van der Waals surface area contributed by atoms with E-state index in [4.69, 9.17) is 45.0 Å². The average molecular weight is 341 g/mol. The minimum absolute atomic E-state index is 0.484. The smallest absolute Gasteiger partial charge is 0.134 e. The van der Waals surface area contributed by atoms with E-state index >= 15 is 0 Å². The summed E-state index contributed by atoms with van der Waals surface area (Å²) in [6.45, 7) is 1.95. The molecule has 0 saturated carbocycles. The molecule has 0 bridgehead atoms. The number of furan rings is 1. The Morgan fingerprint density at radius 3 is 2.43 bits per heavy atom. The van der Waals surface area contributed by atoms with E-state index < -0.39 is 6.04 Å². The lowest BCUT2D eigenvalue weighted by Crippen LogP contribution is -2.12. The first-order valence-electron chi connectivity index (χ1n) is 6.36. The van der Waals surface area contributed by atoms with Gasteiger partial charge >= 0.3 is 0 Å². The summed E-state index contributed by atoms with van der Waals surface area (Å²) in [5.74, 6) is 0.663. The molecule has 2 aromatic carbocycles. The number of aryl methyl sites for hydroxylation is 1. The monoisotopic (exact) mass is 339 g/mol. The first kappa shape index (κ1) is 14.7. The van der Waals surface area contributed by atoms with Gasteiger partial charge in [0.2, 0.25) is 0 Å². The maximum atomic E-state index is 6.32. The SMILES string of the molecule is Cc1c(C(N)c2cc(Cl)ccc2Cl)oc2ccc(Cl)cc12. The number of nitrogens with two attached hydrogens (primary N) is 1. The quantitative estimate of drug-likeness (QED) is 0.645. The van der Waals surface area contributed by atoms with Crippen molar-refractivity contribution in [2.45, 2.75) is 13.0 Å². The molecule has 2 N–H and O–H groups in total. The fourth-order valence-corrected chi connectivity index (χ4v) is 2.99. The predicted octanol–water partition coefficient (Wildman–Crippen LogP) is 5.75. The number of halogens is 3. The summed E-state index contributed by atoms with van der Waals surface area (Å²) in [7, 11) is 0. The summed E-state index contributed by atoms with van der Waals surface area (Å²) in [6.07, 6.45) is 0. The maximum absolute atomic E-state index is 6.32. The summed E-state index contributed by atoms with van der Waals surface area (Å²) >= 11 is 18.3. The van der Waals surface area contributed by atoms with Gasteiger partial charge in [-0.15, -0.1) is 0 Å². The molecule has 0 aliphatic rings. The fourth-order valence-electron chi connectivity index (χ4n) is 2.40. The van der Waals surface area contributed by atoms with Gasteiger partial charge in [0.05, 0.1) is 6.04 Å². The number of hydrogen-bond donors (Lipinski definition) is 1. The number of hydrogen-bond acceptors (Lipinski definition) is 2. The topological polar surface area (TPSA) is 39.2 Å². The molecular formula is C16H12Cl3NO. The van der Waals surface area contributed by atoms with Gasteiger partial charge in [0.1, 0.15) is 11.3 Å². The van der Waals surface area contributed by atoms with Gasteiger partial charge in [-0.3, -0.25) is 0 Å². The van der Waals surface area contributed by atoms with Crippen LogP contribution in [0.1, 0.15) is 22.9 Å². The molecule has 108 valence electrons. The Labute approximate surface area is 137 Å². The van der Waals surface area contributed by atoms with Crippen molar-refractivity contribution >= 4 is 45.8 Å². The van der Waals surface area contributed by atoms with E-state index in [1.165, 1.54) is 0 Å².